The summed E-state index contributed by atoms with van der Waals surface area (Å²) >= 11 is 0. The summed E-state index contributed by atoms with van der Waals surface area (Å²) in [6.07, 6.45) is 54.7. The van der Waals surface area contributed by atoms with Gasteiger partial charge in [-0.2, -0.15) is 0 Å². The van der Waals surface area contributed by atoms with Gasteiger partial charge in [-0.05, 0) is 38.0 Å². The van der Waals surface area contributed by atoms with E-state index in [1.807, 2.05) is 0 Å². The summed E-state index contributed by atoms with van der Waals surface area (Å²) in [6.45, 7) is 14.1. The van der Waals surface area contributed by atoms with Gasteiger partial charge in [-0.15, -0.1) is 0 Å². The second kappa shape index (κ2) is 52.2. The van der Waals surface area contributed by atoms with E-state index in [2.05, 4.69) is 34.6 Å². The number of unbranched alkanes of at least 4 members (excludes halogenated alkanes) is 36. The molecule has 0 amide bonds. The summed E-state index contributed by atoms with van der Waals surface area (Å²) < 4.78 is 10.4. The third kappa shape index (κ3) is 56.9. The number of ether oxygens (including phenoxy) is 2. The molecule has 0 spiro atoms. The van der Waals surface area contributed by atoms with Crippen molar-refractivity contribution < 1.29 is 24.2 Å². The number of hydrogen-bond donors (Lipinski definition) is 1. The molecule has 0 saturated heterocycles. The lowest BCUT2D eigenvalue weighted by atomic mass is 10.0. The van der Waals surface area contributed by atoms with Gasteiger partial charge in [0.2, 0.25) is 0 Å². The quantitative estimate of drug-likeness (QED) is 0.0488. The summed E-state index contributed by atoms with van der Waals surface area (Å²) in [5, 5.41) is 8.98. The lowest BCUT2D eigenvalue weighted by molar-refractivity contribution is -0.152. The standard InChI is InChI=1S/C34H68O2.C21H42O3/c1-4-5-6-7-8-9-10-12-16-19-22-25-28-31-34(35)36-32-29-26-23-20-17-14-11-13-15-18-21-24-27-30-33(2)3;1-19(2)17-15-13-11-9-7-5-4-6-8-10-12-14-16-18-24-21(23)20(3)22/h33H,4-32H2,1-3H3;19-20,22H,4-18H2,1-3H3. The van der Waals surface area contributed by atoms with Gasteiger partial charge >= 0.3 is 11.9 Å². The number of esters is 2. The molecule has 0 aromatic heterocycles. The van der Waals surface area contributed by atoms with Gasteiger partial charge in [0.15, 0.2) is 0 Å². The van der Waals surface area contributed by atoms with E-state index in [1.165, 1.54) is 244 Å². The lowest BCUT2D eigenvalue weighted by Crippen LogP contribution is -2.19. The summed E-state index contributed by atoms with van der Waals surface area (Å²) in [7, 11) is 0. The fourth-order valence-electron chi connectivity index (χ4n) is 8.04. The van der Waals surface area contributed by atoms with Crippen molar-refractivity contribution in [3.05, 3.63) is 0 Å². The molecule has 360 valence electrons. The highest BCUT2D eigenvalue weighted by molar-refractivity contribution is 5.73. The van der Waals surface area contributed by atoms with Crippen molar-refractivity contribution in [2.75, 3.05) is 13.2 Å². The highest BCUT2D eigenvalue weighted by Crippen LogP contribution is 2.17. The number of hydrogen-bond acceptors (Lipinski definition) is 5. The largest absolute Gasteiger partial charge is 0.466 e. The minimum Gasteiger partial charge on any atom is -0.466 e. The minimum absolute atomic E-state index is 0.0259. The van der Waals surface area contributed by atoms with Crippen molar-refractivity contribution in [3.63, 3.8) is 0 Å². The minimum atomic E-state index is -0.995. The maximum Gasteiger partial charge on any atom is 0.334 e. The fraction of sp³-hybridized carbons (Fsp3) is 0.964. The first-order valence-electron chi connectivity index (χ1n) is 27.2. The highest BCUT2D eigenvalue weighted by Gasteiger charge is 2.09. The molecule has 0 aliphatic heterocycles. The Balaban J connectivity index is 0. The molecule has 0 fully saturated rings. The van der Waals surface area contributed by atoms with Crippen LogP contribution in [0.25, 0.3) is 0 Å². The van der Waals surface area contributed by atoms with Crippen molar-refractivity contribution in [2.45, 2.75) is 317 Å². The van der Waals surface area contributed by atoms with Gasteiger partial charge in [-0.3, -0.25) is 4.79 Å². The number of carbonyl (C=O) groups excluding carboxylic acids is 2. The number of carbonyl (C=O) groups is 2. The van der Waals surface area contributed by atoms with Gasteiger partial charge in [-0.25, -0.2) is 4.79 Å². The fourth-order valence-corrected chi connectivity index (χ4v) is 8.04. The first-order valence-corrected chi connectivity index (χ1v) is 27.2. The van der Waals surface area contributed by atoms with E-state index in [9.17, 15) is 9.59 Å². The van der Waals surface area contributed by atoms with E-state index in [0.717, 1.165) is 37.5 Å². The van der Waals surface area contributed by atoms with Crippen LogP contribution in [0.15, 0.2) is 0 Å². The van der Waals surface area contributed by atoms with Crippen LogP contribution in [-0.4, -0.2) is 36.4 Å². The van der Waals surface area contributed by atoms with E-state index in [4.69, 9.17) is 14.6 Å². The summed E-state index contributed by atoms with van der Waals surface area (Å²) in [5.41, 5.74) is 0. The molecular weight excluding hydrogens is 741 g/mol. The molecule has 60 heavy (non-hydrogen) atoms. The Morgan fingerprint density at radius 1 is 0.350 bits per heavy atom. The zero-order valence-corrected chi connectivity index (χ0v) is 41.9. The maximum atomic E-state index is 11.9. The van der Waals surface area contributed by atoms with E-state index in [-0.39, 0.29) is 5.97 Å². The van der Waals surface area contributed by atoms with Crippen LogP contribution in [0.2, 0.25) is 0 Å². The second-order valence-corrected chi connectivity index (χ2v) is 19.6. The predicted octanol–water partition coefficient (Wildman–Crippen LogP) is 18.2. The van der Waals surface area contributed by atoms with Crippen molar-refractivity contribution >= 4 is 11.9 Å². The molecule has 0 rings (SSSR count). The van der Waals surface area contributed by atoms with Crippen LogP contribution in [0.3, 0.4) is 0 Å². The molecule has 1 unspecified atom stereocenters. The van der Waals surface area contributed by atoms with Crippen molar-refractivity contribution in [2.24, 2.45) is 11.8 Å². The average molecular weight is 851 g/mol. The summed E-state index contributed by atoms with van der Waals surface area (Å²) in [6, 6.07) is 0. The van der Waals surface area contributed by atoms with Gasteiger partial charge in [0.1, 0.15) is 6.10 Å². The molecule has 0 heterocycles. The maximum absolute atomic E-state index is 11.9. The van der Waals surface area contributed by atoms with Crippen LogP contribution in [0.1, 0.15) is 311 Å². The Bertz CT molecular complexity index is 824. The first-order chi connectivity index (χ1) is 29.2. The summed E-state index contributed by atoms with van der Waals surface area (Å²) in [4.78, 5) is 22.9. The Kier molecular flexibility index (Phi) is 53.1. The van der Waals surface area contributed by atoms with Crippen LogP contribution in [-0.2, 0) is 19.1 Å². The molecule has 5 heteroatoms. The Morgan fingerprint density at radius 2 is 0.600 bits per heavy atom. The van der Waals surface area contributed by atoms with Crippen molar-refractivity contribution in [3.8, 4) is 0 Å². The Hall–Kier alpha value is -1.10. The molecule has 1 N–H and O–H groups in total. The van der Waals surface area contributed by atoms with Gasteiger partial charge in [0.05, 0.1) is 13.2 Å². The molecule has 0 saturated carbocycles. The molecule has 0 bridgehead atoms. The van der Waals surface area contributed by atoms with Gasteiger partial charge in [0.25, 0.3) is 0 Å². The number of aliphatic hydroxyl groups is 1. The highest BCUT2D eigenvalue weighted by atomic mass is 16.5. The molecule has 0 aliphatic carbocycles. The first kappa shape index (κ1) is 61.0. The predicted molar refractivity (Wildman–Crippen MR) is 263 cm³/mol. The van der Waals surface area contributed by atoms with Gasteiger partial charge in [-0.1, -0.05) is 279 Å². The third-order valence-electron chi connectivity index (χ3n) is 12.2. The van der Waals surface area contributed by atoms with Gasteiger partial charge < -0.3 is 14.6 Å². The topological polar surface area (TPSA) is 72.8 Å². The zero-order chi connectivity index (χ0) is 44.4. The van der Waals surface area contributed by atoms with Crippen molar-refractivity contribution in [1.82, 2.24) is 0 Å². The van der Waals surface area contributed by atoms with Crippen LogP contribution in [0.4, 0.5) is 0 Å². The molecule has 0 aliphatic rings. The van der Waals surface area contributed by atoms with E-state index in [0.29, 0.717) is 19.6 Å². The molecule has 5 nitrogen and oxygen atoms in total. The van der Waals surface area contributed by atoms with Crippen LogP contribution in [0, 0.1) is 11.8 Å². The SMILES string of the molecule is CC(C)CCCCCCCCCCCCCCCOC(=O)C(C)O.CCCCCCCCCCCCCCCC(=O)OCCCCCCCCCCCCCCCC(C)C. The van der Waals surface area contributed by atoms with Crippen LogP contribution >= 0.6 is 0 Å². The van der Waals surface area contributed by atoms with Gasteiger partial charge in [0, 0.05) is 6.42 Å². The molecule has 1 atom stereocenters. The Labute approximate surface area is 377 Å². The normalized spacial score (nSPS) is 11.9. The average Bonchev–Trinajstić information content (AvgIpc) is 3.22. The van der Waals surface area contributed by atoms with E-state index in [1.54, 1.807) is 0 Å². The van der Waals surface area contributed by atoms with E-state index < -0.39 is 12.1 Å². The zero-order valence-electron chi connectivity index (χ0n) is 41.9. The molecule has 0 aromatic carbocycles. The van der Waals surface area contributed by atoms with Crippen LogP contribution in [0.5, 0.6) is 0 Å². The molecular formula is C55H110O5. The molecule has 0 radical (unpaired) electrons. The third-order valence-corrected chi connectivity index (χ3v) is 12.2. The smallest absolute Gasteiger partial charge is 0.334 e. The van der Waals surface area contributed by atoms with E-state index >= 15 is 0 Å². The summed E-state index contributed by atoms with van der Waals surface area (Å²) in [5.74, 6) is 1.26. The monoisotopic (exact) mass is 851 g/mol. The van der Waals surface area contributed by atoms with Crippen molar-refractivity contribution in [1.29, 1.82) is 0 Å². The molecule has 0 aromatic rings. The number of rotatable bonds is 47. The second-order valence-electron chi connectivity index (χ2n) is 19.6. The number of aliphatic hydroxyl groups excluding tert-OH is 1. The Morgan fingerprint density at radius 3 is 0.883 bits per heavy atom. The van der Waals surface area contributed by atoms with Crippen LogP contribution < -0.4 is 0 Å². The lowest BCUT2D eigenvalue weighted by Gasteiger charge is -2.06.